The molecule has 2 rings (SSSR count). The Hall–Kier alpha value is -1.00. The Morgan fingerprint density at radius 3 is 2.53 bits per heavy atom. The maximum Gasteiger partial charge on any atom is 0.126 e. The minimum absolute atomic E-state index is 0.178. The maximum absolute atomic E-state index is 13.7. The number of aliphatic hydroxyl groups is 1. The standard InChI is InChI=1S/C13H17F2NO/c1-9-6-12(15)10(7-11(9)14)8-13(17)2-4-16-5-3-13/h6-7,16-17H,2-5,8H2,1H3. The molecule has 94 valence electrons. The Bertz CT molecular complexity index is 414. The zero-order chi connectivity index (χ0) is 12.5. The van der Waals surface area contributed by atoms with Crippen molar-refractivity contribution in [1.82, 2.24) is 5.32 Å². The summed E-state index contributed by atoms with van der Waals surface area (Å²) in [6, 6.07) is 2.39. The molecule has 0 aliphatic carbocycles. The van der Waals surface area contributed by atoms with Crippen LogP contribution in [0, 0.1) is 18.6 Å². The van der Waals surface area contributed by atoms with Crippen LogP contribution in [0.2, 0.25) is 0 Å². The second kappa shape index (κ2) is 4.70. The van der Waals surface area contributed by atoms with Gasteiger partial charge in [0.2, 0.25) is 0 Å². The van der Waals surface area contributed by atoms with E-state index in [9.17, 15) is 13.9 Å². The molecule has 1 saturated heterocycles. The highest BCUT2D eigenvalue weighted by Gasteiger charge is 2.30. The second-order valence-corrected chi connectivity index (χ2v) is 4.84. The largest absolute Gasteiger partial charge is 0.389 e. The fourth-order valence-corrected chi connectivity index (χ4v) is 2.25. The average Bonchev–Trinajstić information content (AvgIpc) is 2.26. The summed E-state index contributed by atoms with van der Waals surface area (Å²) < 4.78 is 27.0. The molecule has 0 aromatic heterocycles. The first kappa shape index (κ1) is 12.5. The molecule has 1 aliphatic rings. The van der Waals surface area contributed by atoms with E-state index in [4.69, 9.17) is 0 Å². The predicted molar refractivity (Wildman–Crippen MR) is 61.9 cm³/mol. The van der Waals surface area contributed by atoms with Crippen LogP contribution >= 0.6 is 0 Å². The Balaban J connectivity index is 2.20. The molecule has 2 N–H and O–H groups in total. The van der Waals surface area contributed by atoms with Crippen molar-refractivity contribution in [2.24, 2.45) is 0 Å². The Morgan fingerprint density at radius 2 is 1.88 bits per heavy atom. The summed E-state index contributed by atoms with van der Waals surface area (Å²) in [4.78, 5) is 0. The van der Waals surface area contributed by atoms with Gasteiger partial charge in [0, 0.05) is 6.42 Å². The van der Waals surface area contributed by atoms with Crippen molar-refractivity contribution in [3.63, 3.8) is 0 Å². The molecule has 0 amide bonds. The number of benzene rings is 1. The fourth-order valence-electron chi connectivity index (χ4n) is 2.25. The van der Waals surface area contributed by atoms with Crippen LogP contribution < -0.4 is 5.32 Å². The number of hydrogen-bond donors (Lipinski definition) is 2. The lowest BCUT2D eigenvalue weighted by molar-refractivity contribution is 0.0101. The van der Waals surface area contributed by atoms with E-state index < -0.39 is 17.2 Å². The van der Waals surface area contributed by atoms with Gasteiger partial charge in [-0.3, -0.25) is 0 Å². The van der Waals surface area contributed by atoms with Crippen LogP contribution in [0.5, 0.6) is 0 Å². The van der Waals surface area contributed by atoms with Crippen molar-refractivity contribution in [3.05, 3.63) is 34.9 Å². The second-order valence-electron chi connectivity index (χ2n) is 4.84. The van der Waals surface area contributed by atoms with Crippen molar-refractivity contribution in [1.29, 1.82) is 0 Å². The van der Waals surface area contributed by atoms with Gasteiger partial charge in [0.1, 0.15) is 11.6 Å². The molecule has 0 bridgehead atoms. The van der Waals surface area contributed by atoms with E-state index >= 15 is 0 Å². The first-order valence-electron chi connectivity index (χ1n) is 5.88. The summed E-state index contributed by atoms with van der Waals surface area (Å²) >= 11 is 0. The third kappa shape index (κ3) is 2.82. The van der Waals surface area contributed by atoms with Crippen LogP contribution in [0.15, 0.2) is 12.1 Å². The molecule has 1 aromatic carbocycles. The van der Waals surface area contributed by atoms with E-state index in [2.05, 4.69) is 5.32 Å². The topological polar surface area (TPSA) is 32.3 Å². The van der Waals surface area contributed by atoms with Crippen LogP contribution in [-0.2, 0) is 6.42 Å². The highest BCUT2D eigenvalue weighted by atomic mass is 19.1. The normalized spacial score (nSPS) is 19.3. The highest BCUT2D eigenvalue weighted by molar-refractivity contribution is 5.26. The molecular formula is C13H17F2NO. The van der Waals surface area contributed by atoms with Gasteiger partial charge in [-0.25, -0.2) is 8.78 Å². The van der Waals surface area contributed by atoms with Gasteiger partial charge >= 0.3 is 0 Å². The lowest BCUT2D eigenvalue weighted by Crippen LogP contribution is -2.43. The minimum Gasteiger partial charge on any atom is -0.389 e. The van der Waals surface area contributed by atoms with Gasteiger partial charge in [-0.05, 0) is 56.1 Å². The Morgan fingerprint density at radius 1 is 1.24 bits per heavy atom. The lowest BCUT2D eigenvalue weighted by atomic mass is 9.85. The van der Waals surface area contributed by atoms with Crippen molar-refractivity contribution in [3.8, 4) is 0 Å². The third-order valence-corrected chi connectivity index (χ3v) is 3.38. The minimum atomic E-state index is -0.909. The van der Waals surface area contributed by atoms with Crippen molar-refractivity contribution in [2.75, 3.05) is 13.1 Å². The maximum atomic E-state index is 13.7. The molecule has 0 atom stereocenters. The summed E-state index contributed by atoms with van der Waals surface area (Å²) in [5, 5.41) is 13.4. The van der Waals surface area contributed by atoms with E-state index in [1.165, 1.54) is 19.1 Å². The summed E-state index contributed by atoms with van der Waals surface area (Å²) in [6.07, 6.45) is 1.32. The van der Waals surface area contributed by atoms with E-state index in [1.807, 2.05) is 0 Å². The molecule has 1 heterocycles. The molecule has 17 heavy (non-hydrogen) atoms. The number of nitrogens with one attached hydrogen (secondary N) is 1. The predicted octanol–water partition coefficient (Wildman–Crippen LogP) is 1.93. The fraction of sp³-hybridized carbons (Fsp3) is 0.538. The molecule has 0 unspecified atom stereocenters. The Labute approximate surface area is 99.7 Å². The van der Waals surface area contributed by atoms with E-state index in [1.54, 1.807) is 0 Å². The van der Waals surface area contributed by atoms with E-state index in [-0.39, 0.29) is 12.0 Å². The quantitative estimate of drug-likeness (QED) is 0.829. The number of rotatable bonds is 2. The smallest absolute Gasteiger partial charge is 0.126 e. The molecule has 1 aliphatic heterocycles. The number of halogens is 2. The summed E-state index contributed by atoms with van der Waals surface area (Å²) in [7, 11) is 0. The van der Waals surface area contributed by atoms with Crippen molar-refractivity contribution >= 4 is 0 Å². The van der Waals surface area contributed by atoms with Crippen LogP contribution in [0.25, 0.3) is 0 Å². The number of piperidine rings is 1. The van der Waals surface area contributed by atoms with E-state index in [0.717, 1.165) is 0 Å². The first-order chi connectivity index (χ1) is 8.00. The van der Waals surface area contributed by atoms with Gasteiger partial charge in [0.25, 0.3) is 0 Å². The van der Waals surface area contributed by atoms with E-state index in [0.29, 0.717) is 31.5 Å². The zero-order valence-electron chi connectivity index (χ0n) is 9.89. The van der Waals surface area contributed by atoms with Gasteiger partial charge in [0.15, 0.2) is 0 Å². The van der Waals surface area contributed by atoms with Gasteiger partial charge in [-0.1, -0.05) is 0 Å². The average molecular weight is 241 g/mol. The van der Waals surface area contributed by atoms with Gasteiger partial charge in [-0.15, -0.1) is 0 Å². The Kier molecular flexibility index (Phi) is 3.45. The van der Waals surface area contributed by atoms with Crippen molar-refractivity contribution < 1.29 is 13.9 Å². The number of hydrogen-bond acceptors (Lipinski definition) is 2. The van der Waals surface area contributed by atoms with Crippen LogP contribution in [-0.4, -0.2) is 23.8 Å². The highest BCUT2D eigenvalue weighted by Crippen LogP contribution is 2.25. The monoisotopic (exact) mass is 241 g/mol. The molecule has 4 heteroatoms. The summed E-state index contributed by atoms with van der Waals surface area (Å²) in [5.74, 6) is -0.852. The molecule has 1 aromatic rings. The molecule has 0 spiro atoms. The third-order valence-electron chi connectivity index (χ3n) is 3.38. The summed E-state index contributed by atoms with van der Waals surface area (Å²) in [5.41, 5.74) is -0.352. The molecule has 1 fully saturated rings. The molecular weight excluding hydrogens is 224 g/mol. The van der Waals surface area contributed by atoms with Crippen LogP contribution in [0.1, 0.15) is 24.0 Å². The first-order valence-corrected chi connectivity index (χ1v) is 5.88. The van der Waals surface area contributed by atoms with Gasteiger partial charge in [-0.2, -0.15) is 0 Å². The molecule has 0 saturated carbocycles. The molecule has 0 radical (unpaired) electrons. The van der Waals surface area contributed by atoms with Gasteiger partial charge in [0.05, 0.1) is 5.60 Å². The summed E-state index contributed by atoms with van der Waals surface area (Å²) in [6.45, 7) is 2.96. The lowest BCUT2D eigenvalue weighted by Gasteiger charge is -2.32. The SMILES string of the molecule is Cc1cc(F)c(CC2(O)CCNCC2)cc1F. The number of aryl methyl sites for hydroxylation is 1. The van der Waals surface area contributed by atoms with Gasteiger partial charge < -0.3 is 10.4 Å². The molecule has 2 nitrogen and oxygen atoms in total. The van der Waals surface area contributed by atoms with Crippen LogP contribution in [0.4, 0.5) is 8.78 Å². The van der Waals surface area contributed by atoms with Crippen LogP contribution in [0.3, 0.4) is 0 Å². The van der Waals surface area contributed by atoms with Crippen molar-refractivity contribution in [2.45, 2.75) is 31.8 Å². The zero-order valence-corrected chi connectivity index (χ0v) is 9.89.